The van der Waals surface area contributed by atoms with Crippen LogP contribution in [0.5, 0.6) is 0 Å². The lowest BCUT2D eigenvalue weighted by Crippen LogP contribution is -2.40. The van der Waals surface area contributed by atoms with Crippen molar-refractivity contribution in [2.75, 3.05) is 0 Å². The van der Waals surface area contributed by atoms with E-state index in [1.54, 1.807) is 0 Å². The molecule has 0 radical (unpaired) electrons. The largest absolute Gasteiger partial charge is 0.382 e. The van der Waals surface area contributed by atoms with Crippen molar-refractivity contribution in [3.8, 4) is 0 Å². The Kier molecular flexibility index (Phi) is 3.82. The standard InChI is InChI=1S/C17H24O2/c1-16(2,3)14-9-7-13(8-10-14)15(18)17(19)11-5-4-6-12-17/h7-10,19H,4-6,11-12H2,1-3H3. The maximum Gasteiger partial charge on any atom is 0.194 e. The van der Waals surface area contributed by atoms with Crippen LogP contribution >= 0.6 is 0 Å². The highest BCUT2D eigenvalue weighted by molar-refractivity contribution is 6.02. The predicted molar refractivity (Wildman–Crippen MR) is 77.5 cm³/mol. The molecule has 1 aliphatic carbocycles. The molecule has 19 heavy (non-hydrogen) atoms. The van der Waals surface area contributed by atoms with Crippen LogP contribution in [0.3, 0.4) is 0 Å². The van der Waals surface area contributed by atoms with E-state index in [0.717, 1.165) is 19.3 Å². The maximum absolute atomic E-state index is 12.4. The van der Waals surface area contributed by atoms with Gasteiger partial charge < -0.3 is 5.11 Å². The number of hydrogen-bond donors (Lipinski definition) is 1. The fraction of sp³-hybridized carbons (Fsp3) is 0.588. The highest BCUT2D eigenvalue weighted by Crippen LogP contribution is 2.31. The normalized spacial score (nSPS) is 19.2. The fourth-order valence-electron chi connectivity index (χ4n) is 2.75. The van der Waals surface area contributed by atoms with Gasteiger partial charge in [-0.3, -0.25) is 4.79 Å². The average Bonchev–Trinajstić information content (AvgIpc) is 2.38. The molecule has 1 aromatic rings. The summed E-state index contributed by atoms with van der Waals surface area (Å²) in [6.45, 7) is 6.45. The van der Waals surface area contributed by atoms with Crippen molar-refractivity contribution in [1.29, 1.82) is 0 Å². The Morgan fingerprint density at radius 2 is 1.58 bits per heavy atom. The Labute approximate surface area is 115 Å². The third-order valence-electron chi connectivity index (χ3n) is 4.12. The monoisotopic (exact) mass is 260 g/mol. The zero-order chi connectivity index (χ0) is 14.1. The molecule has 0 spiro atoms. The number of carbonyl (C=O) groups excluding carboxylic acids is 1. The molecule has 1 N–H and O–H groups in total. The summed E-state index contributed by atoms with van der Waals surface area (Å²) in [6, 6.07) is 7.71. The van der Waals surface area contributed by atoms with Crippen molar-refractivity contribution in [2.45, 2.75) is 63.9 Å². The number of benzene rings is 1. The van der Waals surface area contributed by atoms with E-state index < -0.39 is 5.60 Å². The van der Waals surface area contributed by atoms with Crippen molar-refractivity contribution in [3.63, 3.8) is 0 Å². The number of aliphatic hydroxyl groups is 1. The van der Waals surface area contributed by atoms with Crippen LogP contribution < -0.4 is 0 Å². The molecular weight excluding hydrogens is 236 g/mol. The Balaban J connectivity index is 2.20. The molecule has 0 aliphatic heterocycles. The SMILES string of the molecule is CC(C)(C)c1ccc(C(=O)C2(O)CCCCC2)cc1. The van der Waals surface area contributed by atoms with E-state index in [1.807, 2.05) is 24.3 Å². The van der Waals surface area contributed by atoms with E-state index in [4.69, 9.17) is 0 Å². The summed E-state index contributed by atoms with van der Waals surface area (Å²) >= 11 is 0. The second kappa shape index (κ2) is 5.09. The lowest BCUT2D eigenvalue weighted by atomic mass is 9.79. The van der Waals surface area contributed by atoms with Crippen LogP contribution in [0, 0.1) is 0 Å². The highest BCUT2D eigenvalue weighted by atomic mass is 16.3. The highest BCUT2D eigenvalue weighted by Gasteiger charge is 2.37. The minimum absolute atomic E-state index is 0.0866. The first-order valence-electron chi connectivity index (χ1n) is 7.21. The summed E-state index contributed by atoms with van der Waals surface area (Å²) in [7, 11) is 0. The van der Waals surface area contributed by atoms with Crippen molar-refractivity contribution >= 4 is 5.78 Å². The topological polar surface area (TPSA) is 37.3 Å². The van der Waals surface area contributed by atoms with Crippen molar-refractivity contribution < 1.29 is 9.90 Å². The quantitative estimate of drug-likeness (QED) is 0.820. The molecule has 0 bridgehead atoms. The zero-order valence-corrected chi connectivity index (χ0v) is 12.2. The van der Waals surface area contributed by atoms with Gasteiger partial charge in [0, 0.05) is 5.56 Å². The predicted octanol–water partition coefficient (Wildman–Crippen LogP) is 3.86. The minimum Gasteiger partial charge on any atom is -0.382 e. The van der Waals surface area contributed by atoms with E-state index in [2.05, 4.69) is 20.8 Å². The Morgan fingerprint density at radius 1 is 1.05 bits per heavy atom. The molecule has 0 heterocycles. The summed E-state index contributed by atoms with van der Waals surface area (Å²) in [5.41, 5.74) is 0.808. The van der Waals surface area contributed by atoms with Gasteiger partial charge in [-0.15, -0.1) is 0 Å². The van der Waals surface area contributed by atoms with Crippen LogP contribution in [0.2, 0.25) is 0 Å². The first-order valence-corrected chi connectivity index (χ1v) is 7.21. The Hall–Kier alpha value is -1.15. The summed E-state index contributed by atoms with van der Waals surface area (Å²) in [5.74, 6) is -0.104. The molecular formula is C17H24O2. The van der Waals surface area contributed by atoms with Crippen LogP contribution in [0.15, 0.2) is 24.3 Å². The second-order valence-corrected chi connectivity index (χ2v) is 6.75. The molecule has 2 heteroatoms. The molecule has 0 unspecified atom stereocenters. The van der Waals surface area contributed by atoms with Gasteiger partial charge in [-0.25, -0.2) is 0 Å². The molecule has 1 fully saturated rings. The lowest BCUT2D eigenvalue weighted by molar-refractivity contribution is 0.0116. The van der Waals surface area contributed by atoms with Crippen LogP contribution in [0.4, 0.5) is 0 Å². The first-order chi connectivity index (χ1) is 8.83. The third kappa shape index (κ3) is 3.06. The number of carbonyl (C=O) groups is 1. The molecule has 2 rings (SSSR count). The smallest absolute Gasteiger partial charge is 0.194 e. The Morgan fingerprint density at radius 3 is 2.05 bits per heavy atom. The van der Waals surface area contributed by atoms with Crippen LogP contribution in [0.1, 0.15) is 68.8 Å². The molecule has 0 aromatic heterocycles. The molecule has 104 valence electrons. The maximum atomic E-state index is 12.4. The third-order valence-corrected chi connectivity index (χ3v) is 4.12. The van der Waals surface area contributed by atoms with Gasteiger partial charge in [0.25, 0.3) is 0 Å². The van der Waals surface area contributed by atoms with E-state index >= 15 is 0 Å². The summed E-state index contributed by atoms with van der Waals surface area (Å²) < 4.78 is 0. The Bertz CT molecular complexity index is 445. The first kappa shape index (κ1) is 14.3. The summed E-state index contributed by atoms with van der Waals surface area (Å²) in [4.78, 5) is 12.4. The molecule has 0 atom stereocenters. The number of hydrogen-bond acceptors (Lipinski definition) is 2. The fourth-order valence-corrected chi connectivity index (χ4v) is 2.75. The van der Waals surface area contributed by atoms with E-state index in [9.17, 15) is 9.90 Å². The zero-order valence-electron chi connectivity index (χ0n) is 12.2. The van der Waals surface area contributed by atoms with Crippen molar-refractivity contribution in [1.82, 2.24) is 0 Å². The number of ketones is 1. The van der Waals surface area contributed by atoms with Crippen LogP contribution in [-0.4, -0.2) is 16.5 Å². The minimum atomic E-state index is -1.12. The molecule has 0 saturated heterocycles. The second-order valence-electron chi connectivity index (χ2n) is 6.75. The van der Waals surface area contributed by atoms with Gasteiger partial charge in [-0.2, -0.15) is 0 Å². The van der Waals surface area contributed by atoms with Crippen molar-refractivity contribution in [2.24, 2.45) is 0 Å². The van der Waals surface area contributed by atoms with Gasteiger partial charge in [0.1, 0.15) is 5.60 Å². The molecule has 1 aromatic carbocycles. The summed E-state index contributed by atoms with van der Waals surface area (Å²) in [6.07, 6.45) is 4.23. The van der Waals surface area contributed by atoms with Crippen LogP contribution in [0.25, 0.3) is 0 Å². The molecule has 1 aliphatic rings. The average molecular weight is 260 g/mol. The van der Waals surface area contributed by atoms with E-state index in [-0.39, 0.29) is 11.2 Å². The van der Waals surface area contributed by atoms with Gasteiger partial charge in [0.2, 0.25) is 0 Å². The summed E-state index contributed by atoms with van der Waals surface area (Å²) in [5, 5.41) is 10.5. The van der Waals surface area contributed by atoms with E-state index in [0.29, 0.717) is 18.4 Å². The number of Topliss-reactive ketones (excluding diaryl/α,β-unsaturated/α-hetero) is 1. The molecule has 2 nitrogen and oxygen atoms in total. The van der Waals surface area contributed by atoms with Gasteiger partial charge in [-0.05, 0) is 23.8 Å². The molecule has 0 amide bonds. The van der Waals surface area contributed by atoms with Gasteiger partial charge in [0.05, 0.1) is 0 Å². The number of rotatable bonds is 2. The van der Waals surface area contributed by atoms with E-state index in [1.165, 1.54) is 5.56 Å². The molecule has 1 saturated carbocycles. The van der Waals surface area contributed by atoms with Gasteiger partial charge in [0.15, 0.2) is 5.78 Å². The van der Waals surface area contributed by atoms with Gasteiger partial charge in [-0.1, -0.05) is 64.3 Å². The van der Waals surface area contributed by atoms with Crippen LogP contribution in [-0.2, 0) is 5.41 Å². The lowest BCUT2D eigenvalue weighted by Gasteiger charge is -2.30. The van der Waals surface area contributed by atoms with Crippen molar-refractivity contribution in [3.05, 3.63) is 35.4 Å². The van der Waals surface area contributed by atoms with Gasteiger partial charge >= 0.3 is 0 Å².